The number of carboxylic acids is 1. The molecule has 0 aromatic carbocycles. The predicted molar refractivity (Wildman–Crippen MR) is 111 cm³/mol. The highest BCUT2D eigenvalue weighted by molar-refractivity contribution is 7.97. The van der Waals surface area contributed by atoms with Crippen molar-refractivity contribution >= 4 is 33.8 Å². The van der Waals surface area contributed by atoms with E-state index in [1.807, 2.05) is 0 Å². The van der Waals surface area contributed by atoms with Crippen LogP contribution in [0.2, 0.25) is 0 Å². The van der Waals surface area contributed by atoms with Crippen LogP contribution in [0.1, 0.15) is 19.6 Å². The lowest BCUT2D eigenvalue weighted by Gasteiger charge is -2.16. The first-order valence-electron chi connectivity index (χ1n) is 9.30. The summed E-state index contributed by atoms with van der Waals surface area (Å²) in [6.45, 7) is 1.73. The molecular formula is C18H25N6O5S+. The van der Waals surface area contributed by atoms with Crippen LogP contribution in [0, 0.1) is 11.8 Å². The molecule has 6 atom stereocenters. The van der Waals surface area contributed by atoms with E-state index in [9.17, 15) is 15.0 Å². The van der Waals surface area contributed by atoms with Crippen LogP contribution in [0.15, 0.2) is 12.7 Å². The number of nitrogens with two attached hydrogens (primary N) is 2. The van der Waals surface area contributed by atoms with Crippen LogP contribution in [-0.2, 0) is 20.4 Å². The van der Waals surface area contributed by atoms with Crippen molar-refractivity contribution < 1.29 is 24.9 Å². The molecule has 30 heavy (non-hydrogen) atoms. The third-order valence-electron chi connectivity index (χ3n) is 4.89. The van der Waals surface area contributed by atoms with Gasteiger partial charge in [0.15, 0.2) is 23.4 Å². The molecule has 0 aliphatic carbocycles. The lowest BCUT2D eigenvalue weighted by Crippen LogP contribution is -2.38. The van der Waals surface area contributed by atoms with Crippen LogP contribution in [0.5, 0.6) is 0 Å². The van der Waals surface area contributed by atoms with Crippen molar-refractivity contribution in [3.8, 4) is 11.8 Å². The van der Waals surface area contributed by atoms with Gasteiger partial charge in [-0.3, -0.25) is 9.36 Å². The highest BCUT2D eigenvalue weighted by atomic mass is 32.2. The van der Waals surface area contributed by atoms with Crippen LogP contribution >= 0.6 is 0 Å². The molecule has 0 radical (unpaired) electrons. The molecule has 1 fully saturated rings. The SMILES string of the molecule is CC#CC[S+](CC[C@H](N)C(=O)O)C[C@H]1O[C@@H](n2cnc3c(N)ncnc32)[C@@H](O)C1O. The monoisotopic (exact) mass is 437 g/mol. The smallest absolute Gasteiger partial charge is 0.320 e. The zero-order chi connectivity index (χ0) is 21.8. The second-order valence-corrected chi connectivity index (χ2v) is 9.17. The van der Waals surface area contributed by atoms with E-state index in [1.165, 1.54) is 17.2 Å². The maximum atomic E-state index is 11.0. The second kappa shape index (κ2) is 9.59. The molecule has 1 saturated heterocycles. The Morgan fingerprint density at radius 2 is 2.13 bits per heavy atom. The fraction of sp³-hybridized carbons (Fsp3) is 0.556. The number of anilines is 1. The highest BCUT2D eigenvalue weighted by Gasteiger charge is 2.47. The Kier molecular flexibility index (Phi) is 7.11. The molecule has 12 heteroatoms. The van der Waals surface area contributed by atoms with Gasteiger partial charge in [0.1, 0.15) is 47.7 Å². The van der Waals surface area contributed by atoms with Crippen molar-refractivity contribution in [2.24, 2.45) is 5.73 Å². The number of aliphatic hydroxyl groups excluding tert-OH is 2. The molecule has 3 heterocycles. The van der Waals surface area contributed by atoms with Crippen LogP contribution in [0.4, 0.5) is 5.82 Å². The summed E-state index contributed by atoms with van der Waals surface area (Å²) in [6, 6.07) is -0.954. The van der Waals surface area contributed by atoms with E-state index >= 15 is 0 Å². The second-order valence-electron chi connectivity index (χ2n) is 6.92. The molecule has 0 saturated carbocycles. The molecule has 1 aliphatic rings. The number of aromatic nitrogens is 4. The Bertz CT molecular complexity index is 959. The van der Waals surface area contributed by atoms with Gasteiger partial charge >= 0.3 is 5.97 Å². The summed E-state index contributed by atoms with van der Waals surface area (Å²) in [6.07, 6.45) is -0.874. The van der Waals surface area contributed by atoms with Crippen molar-refractivity contribution in [1.82, 2.24) is 19.5 Å². The van der Waals surface area contributed by atoms with Gasteiger partial charge in [0.25, 0.3) is 0 Å². The van der Waals surface area contributed by atoms with Gasteiger partial charge in [0.2, 0.25) is 0 Å². The summed E-state index contributed by atoms with van der Waals surface area (Å²) >= 11 is 0. The number of hydrogen-bond acceptors (Lipinski definition) is 9. The number of aliphatic carboxylic acids is 1. The summed E-state index contributed by atoms with van der Waals surface area (Å²) in [5.41, 5.74) is 12.2. The minimum atomic E-state index is -1.20. The van der Waals surface area contributed by atoms with E-state index in [0.717, 1.165) is 0 Å². The van der Waals surface area contributed by atoms with E-state index in [0.29, 0.717) is 34.8 Å². The zero-order valence-electron chi connectivity index (χ0n) is 16.4. The number of fused-ring (bicyclic) bond motifs is 1. The van der Waals surface area contributed by atoms with E-state index in [-0.39, 0.29) is 16.7 Å². The number of rotatable bonds is 8. The lowest BCUT2D eigenvalue weighted by atomic mass is 10.1. The van der Waals surface area contributed by atoms with Crippen molar-refractivity contribution in [1.29, 1.82) is 0 Å². The first-order valence-corrected chi connectivity index (χ1v) is 11.0. The van der Waals surface area contributed by atoms with Gasteiger partial charge in [-0.25, -0.2) is 15.0 Å². The zero-order valence-corrected chi connectivity index (χ0v) is 17.2. The van der Waals surface area contributed by atoms with Crippen molar-refractivity contribution in [3.05, 3.63) is 12.7 Å². The van der Waals surface area contributed by atoms with Crippen LogP contribution in [-0.4, -0.2) is 82.4 Å². The molecule has 11 nitrogen and oxygen atoms in total. The van der Waals surface area contributed by atoms with Gasteiger partial charge in [0.05, 0.1) is 6.33 Å². The third kappa shape index (κ3) is 4.66. The normalized spacial score (nSPS) is 25.6. The number of nitrogen functional groups attached to an aromatic ring is 1. The van der Waals surface area contributed by atoms with Gasteiger partial charge in [-0.05, 0) is 12.8 Å². The number of nitrogens with zero attached hydrogens (tertiary/aromatic N) is 4. The Hall–Kier alpha value is -2.43. The summed E-state index contributed by atoms with van der Waals surface area (Å²) in [4.78, 5) is 23.2. The quantitative estimate of drug-likeness (QED) is 0.240. The Balaban J connectivity index is 1.74. The van der Waals surface area contributed by atoms with Gasteiger partial charge in [-0.1, -0.05) is 0 Å². The van der Waals surface area contributed by atoms with E-state index in [1.54, 1.807) is 6.92 Å². The highest BCUT2D eigenvalue weighted by Crippen LogP contribution is 2.32. The minimum absolute atomic E-state index is 0.206. The van der Waals surface area contributed by atoms with Crippen LogP contribution in [0.25, 0.3) is 11.2 Å². The van der Waals surface area contributed by atoms with E-state index in [4.69, 9.17) is 21.3 Å². The fourth-order valence-electron chi connectivity index (χ4n) is 3.19. The molecule has 0 bridgehead atoms. The lowest BCUT2D eigenvalue weighted by molar-refractivity contribution is -0.138. The van der Waals surface area contributed by atoms with Gasteiger partial charge in [-0.2, -0.15) is 0 Å². The molecule has 162 valence electrons. The Morgan fingerprint density at radius 1 is 1.37 bits per heavy atom. The minimum Gasteiger partial charge on any atom is -0.480 e. The summed E-state index contributed by atoms with van der Waals surface area (Å²) < 4.78 is 7.50. The average molecular weight is 438 g/mol. The summed E-state index contributed by atoms with van der Waals surface area (Å²) in [5.74, 6) is 6.47. The molecule has 2 aromatic rings. The molecule has 1 aliphatic heterocycles. The first-order chi connectivity index (χ1) is 14.3. The predicted octanol–water partition coefficient (Wildman–Crippen LogP) is -1.53. The molecule has 3 rings (SSSR count). The molecular weight excluding hydrogens is 412 g/mol. The number of carboxylic acid groups (broad SMARTS) is 1. The third-order valence-corrected chi connectivity index (χ3v) is 7.05. The maximum absolute atomic E-state index is 11.0. The standard InChI is InChI=1S/C18H24N6O5S/c1-2-3-5-30(6-4-10(19)18(27)28)7-11-13(25)14(26)17(29-11)24-9-23-12-15(20)21-8-22-16(12)24/h8-11,13-14,17,25-26H,4-7,19H2,1H3,(H2-,20,21,22,27,28)/p+1/t10-,11+,13?,14-,17+,30?/m0/s1. The Labute approximate surface area is 175 Å². The number of ether oxygens (including phenoxy) is 1. The van der Waals surface area contributed by atoms with Crippen LogP contribution < -0.4 is 11.5 Å². The number of hydrogen-bond donors (Lipinski definition) is 5. The van der Waals surface area contributed by atoms with Crippen LogP contribution in [0.3, 0.4) is 0 Å². The molecule has 7 N–H and O–H groups in total. The summed E-state index contributed by atoms with van der Waals surface area (Å²) in [7, 11) is -0.363. The van der Waals surface area contributed by atoms with Gasteiger partial charge in [-0.15, -0.1) is 5.92 Å². The molecule has 2 aromatic heterocycles. The maximum Gasteiger partial charge on any atom is 0.320 e. The molecule has 0 spiro atoms. The number of imidazole rings is 1. The average Bonchev–Trinajstić information content (AvgIpc) is 3.26. The van der Waals surface area contributed by atoms with Gasteiger partial charge < -0.3 is 31.5 Å². The number of aliphatic hydroxyl groups is 2. The fourth-order valence-corrected chi connectivity index (χ4v) is 5.30. The largest absolute Gasteiger partial charge is 0.480 e. The first kappa shape index (κ1) is 22.3. The molecule has 0 amide bonds. The molecule has 2 unspecified atom stereocenters. The van der Waals surface area contributed by atoms with Crippen molar-refractivity contribution in [2.45, 2.75) is 43.9 Å². The number of carbonyl (C=O) groups is 1. The van der Waals surface area contributed by atoms with Crippen molar-refractivity contribution in [2.75, 3.05) is 23.0 Å². The Morgan fingerprint density at radius 3 is 2.83 bits per heavy atom. The van der Waals surface area contributed by atoms with Gasteiger partial charge in [0, 0.05) is 17.3 Å². The van der Waals surface area contributed by atoms with Crippen molar-refractivity contribution in [3.63, 3.8) is 0 Å². The topological polar surface area (TPSA) is 183 Å². The summed E-state index contributed by atoms with van der Waals surface area (Å²) in [5, 5.41) is 30.2. The van der Waals surface area contributed by atoms with E-state index in [2.05, 4.69) is 26.8 Å². The van der Waals surface area contributed by atoms with E-state index < -0.39 is 36.6 Å².